The number of carbonyl (C=O) groups is 2. The zero-order valence-electron chi connectivity index (χ0n) is 12.3. The predicted octanol–water partition coefficient (Wildman–Crippen LogP) is 3.13. The van der Waals surface area contributed by atoms with Crippen molar-refractivity contribution in [2.24, 2.45) is 0 Å². The minimum Gasteiger partial charge on any atom is -0.376 e. The maximum atomic E-state index is 12.7. The van der Waals surface area contributed by atoms with Crippen LogP contribution in [0.5, 0.6) is 0 Å². The second kappa shape index (κ2) is 7.13. The average Bonchev–Trinajstić information content (AvgIpc) is 2.52. The molecular weight excluding hydrogens is 309 g/mol. The number of amides is 1. The number of nitrogens with one attached hydrogen (secondary N) is 2. The Labute approximate surface area is 130 Å². The summed E-state index contributed by atoms with van der Waals surface area (Å²) < 4.78 is 36.8. The van der Waals surface area contributed by atoms with Crippen molar-refractivity contribution in [3.8, 4) is 0 Å². The van der Waals surface area contributed by atoms with E-state index in [-0.39, 0.29) is 12.3 Å². The van der Waals surface area contributed by atoms with Crippen molar-refractivity contribution in [2.75, 3.05) is 11.9 Å². The van der Waals surface area contributed by atoms with Gasteiger partial charge in [-0.15, -0.1) is 0 Å². The molecule has 0 aliphatic heterocycles. The van der Waals surface area contributed by atoms with Gasteiger partial charge in [0.05, 0.1) is 6.54 Å². The van der Waals surface area contributed by atoms with Crippen molar-refractivity contribution < 1.29 is 22.8 Å². The Kier molecular flexibility index (Phi) is 5.20. The molecule has 0 aliphatic rings. The smallest absolute Gasteiger partial charge is 0.287 e. The summed E-state index contributed by atoms with van der Waals surface area (Å²) in [7, 11) is 0. The molecule has 0 aromatic heterocycles. The summed E-state index contributed by atoms with van der Waals surface area (Å²) in [5.74, 6) is -0.986. The molecule has 0 spiro atoms. The number of anilines is 1. The van der Waals surface area contributed by atoms with Crippen LogP contribution in [-0.2, 0) is 4.79 Å². The van der Waals surface area contributed by atoms with Gasteiger partial charge in [0, 0.05) is 16.6 Å². The second-order valence-corrected chi connectivity index (χ2v) is 4.92. The lowest BCUT2D eigenvalue weighted by atomic mass is 10.0. The van der Waals surface area contributed by atoms with Crippen molar-refractivity contribution in [1.82, 2.24) is 5.32 Å². The van der Waals surface area contributed by atoms with Crippen LogP contribution in [0.3, 0.4) is 0 Å². The van der Waals surface area contributed by atoms with E-state index in [4.69, 9.17) is 0 Å². The SMILES string of the molecule is CC(=O)c1ccc(NCC(=O)NC(F)C(F)F)c2ccccc12. The van der Waals surface area contributed by atoms with Crippen LogP contribution >= 0.6 is 0 Å². The summed E-state index contributed by atoms with van der Waals surface area (Å²) in [6, 6.07) is 10.3. The molecule has 23 heavy (non-hydrogen) atoms. The van der Waals surface area contributed by atoms with Crippen molar-refractivity contribution in [1.29, 1.82) is 0 Å². The van der Waals surface area contributed by atoms with Gasteiger partial charge < -0.3 is 10.6 Å². The van der Waals surface area contributed by atoms with Gasteiger partial charge in [-0.25, -0.2) is 13.2 Å². The fourth-order valence-corrected chi connectivity index (χ4v) is 2.20. The molecule has 1 amide bonds. The van der Waals surface area contributed by atoms with Gasteiger partial charge >= 0.3 is 0 Å². The lowest BCUT2D eigenvalue weighted by Gasteiger charge is -2.13. The highest BCUT2D eigenvalue weighted by atomic mass is 19.3. The summed E-state index contributed by atoms with van der Waals surface area (Å²) in [6.45, 7) is 1.09. The highest BCUT2D eigenvalue weighted by Crippen LogP contribution is 2.26. The lowest BCUT2D eigenvalue weighted by Crippen LogP contribution is -2.39. The van der Waals surface area contributed by atoms with E-state index < -0.39 is 18.6 Å². The number of Topliss-reactive ketones (excluding diaryl/α,β-unsaturated/α-hetero) is 1. The van der Waals surface area contributed by atoms with Gasteiger partial charge in [-0.2, -0.15) is 0 Å². The number of hydrogen-bond acceptors (Lipinski definition) is 3. The molecule has 0 saturated carbocycles. The first kappa shape index (κ1) is 16.8. The molecule has 0 saturated heterocycles. The second-order valence-electron chi connectivity index (χ2n) is 4.92. The molecule has 122 valence electrons. The maximum Gasteiger partial charge on any atom is 0.287 e. The van der Waals surface area contributed by atoms with Crippen LogP contribution in [0.1, 0.15) is 17.3 Å². The van der Waals surface area contributed by atoms with E-state index in [0.717, 1.165) is 0 Å². The van der Waals surface area contributed by atoms with E-state index in [9.17, 15) is 22.8 Å². The largest absolute Gasteiger partial charge is 0.376 e. The first-order chi connectivity index (χ1) is 10.9. The third-order valence-electron chi connectivity index (χ3n) is 3.26. The van der Waals surface area contributed by atoms with Crippen LogP contribution < -0.4 is 10.6 Å². The van der Waals surface area contributed by atoms with Gasteiger partial charge in [0.2, 0.25) is 12.2 Å². The monoisotopic (exact) mass is 324 g/mol. The lowest BCUT2D eigenvalue weighted by molar-refractivity contribution is -0.123. The Balaban J connectivity index is 2.17. The standard InChI is InChI=1S/C16H15F3N2O2/c1-9(22)10-6-7-13(12-5-3-2-4-11(10)12)20-8-14(23)21-16(19)15(17)18/h2-7,15-16,20H,8H2,1H3,(H,21,23). The van der Waals surface area contributed by atoms with Crippen molar-refractivity contribution >= 4 is 28.2 Å². The van der Waals surface area contributed by atoms with Crippen LogP contribution in [0.2, 0.25) is 0 Å². The van der Waals surface area contributed by atoms with Crippen LogP contribution in [0.15, 0.2) is 36.4 Å². The van der Waals surface area contributed by atoms with Crippen molar-refractivity contribution in [2.45, 2.75) is 19.6 Å². The summed E-state index contributed by atoms with van der Waals surface area (Å²) in [5.41, 5.74) is 1.09. The molecule has 0 heterocycles. The molecule has 0 fully saturated rings. The van der Waals surface area contributed by atoms with E-state index in [0.29, 0.717) is 22.0 Å². The molecule has 0 aliphatic carbocycles. The Bertz CT molecular complexity index is 734. The Hall–Kier alpha value is -2.57. The molecule has 2 N–H and O–H groups in total. The first-order valence-electron chi connectivity index (χ1n) is 6.88. The minimum atomic E-state index is -3.27. The molecule has 0 radical (unpaired) electrons. The molecule has 4 nitrogen and oxygen atoms in total. The number of hydrogen-bond donors (Lipinski definition) is 2. The number of ketones is 1. The zero-order valence-corrected chi connectivity index (χ0v) is 12.3. The van der Waals surface area contributed by atoms with Gasteiger partial charge in [-0.05, 0) is 24.4 Å². The van der Waals surface area contributed by atoms with E-state index in [2.05, 4.69) is 5.32 Å². The minimum absolute atomic E-state index is 0.0947. The van der Waals surface area contributed by atoms with Gasteiger partial charge in [0.15, 0.2) is 5.78 Å². The number of carbonyl (C=O) groups excluding carboxylic acids is 2. The Morgan fingerprint density at radius 2 is 1.70 bits per heavy atom. The number of benzene rings is 2. The number of fused-ring (bicyclic) bond motifs is 1. The quantitative estimate of drug-likeness (QED) is 0.634. The van der Waals surface area contributed by atoms with E-state index in [1.54, 1.807) is 41.7 Å². The first-order valence-corrected chi connectivity index (χ1v) is 6.88. The molecule has 7 heteroatoms. The summed E-state index contributed by atoms with van der Waals surface area (Å²) >= 11 is 0. The molecule has 0 bridgehead atoms. The molecule has 2 rings (SSSR count). The fraction of sp³-hybridized carbons (Fsp3) is 0.250. The number of alkyl halides is 3. The third-order valence-corrected chi connectivity index (χ3v) is 3.26. The predicted molar refractivity (Wildman–Crippen MR) is 81.5 cm³/mol. The fourth-order valence-electron chi connectivity index (χ4n) is 2.20. The Morgan fingerprint density at radius 1 is 1.04 bits per heavy atom. The van der Waals surface area contributed by atoms with E-state index in [1.807, 2.05) is 0 Å². The Morgan fingerprint density at radius 3 is 2.30 bits per heavy atom. The highest BCUT2D eigenvalue weighted by Gasteiger charge is 2.21. The number of rotatable bonds is 6. The summed E-state index contributed by atoms with van der Waals surface area (Å²) in [6.07, 6.45) is -5.96. The summed E-state index contributed by atoms with van der Waals surface area (Å²) in [4.78, 5) is 23.1. The third kappa shape index (κ3) is 4.00. The van der Waals surface area contributed by atoms with Gasteiger partial charge in [-0.1, -0.05) is 24.3 Å². The average molecular weight is 324 g/mol. The molecule has 1 atom stereocenters. The number of halogens is 3. The van der Waals surface area contributed by atoms with Crippen molar-refractivity contribution in [3.63, 3.8) is 0 Å². The molecule has 2 aromatic rings. The van der Waals surface area contributed by atoms with E-state index >= 15 is 0 Å². The zero-order chi connectivity index (χ0) is 17.0. The van der Waals surface area contributed by atoms with Crippen LogP contribution in [0, 0.1) is 0 Å². The van der Waals surface area contributed by atoms with Gasteiger partial charge in [-0.3, -0.25) is 9.59 Å². The topological polar surface area (TPSA) is 58.2 Å². The highest BCUT2D eigenvalue weighted by molar-refractivity contribution is 6.10. The van der Waals surface area contributed by atoms with Crippen LogP contribution in [0.25, 0.3) is 10.8 Å². The van der Waals surface area contributed by atoms with Crippen molar-refractivity contribution in [3.05, 3.63) is 42.0 Å². The van der Waals surface area contributed by atoms with Crippen LogP contribution in [0.4, 0.5) is 18.9 Å². The maximum absolute atomic E-state index is 12.7. The van der Waals surface area contributed by atoms with Crippen LogP contribution in [-0.4, -0.2) is 31.0 Å². The normalized spacial score (nSPS) is 12.2. The molecular formula is C16H15F3N2O2. The summed E-state index contributed by atoms with van der Waals surface area (Å²) in [5, 5.41) is 5.73. The van der Waals surface area contributed by atoms with Gasteiger partial charge in [0.25, 0.3) is 6.43 Å². The van der Waals surface area contributed by atoms with E-state index in [1.165, 1.54) is 6.92 Å². The molecule has 1 unspecified atom stereocenters. The van der Waals surface area contributed by atoms with Gasteiger partial charge in [0.1, 0.15) is 0 Å². The molecule has 2 aromatic carbocycles.